The van der Waals surface area contributed by atoms with Crippen molar-refractivity contribution in [3.63, 3.8) is 0 Å². The van der Waals surface area contributed by atoms with Crippen LogP contribution in [0.3, 0.4) is 0 Å². The minimum atomic E-state index is -5.06. The molecule has 3 aromatic rings. The number of hydrogen-bond donors (Lipinski definition) is 1. The molecule has 1 aromatic heterocycles. The van der Waals surface area contributed by atoms with Gasteiger partial charge in [0.2, 0.25) is 0 Å². The summed E-state index contributed by atoms with van der Waals surface area (Å²) in [4.78, 5) is 16.4. The standard InChI is InChI=1S/C20H10Cl2F6N2O2/c21-12-1-2-15(22)17(8-12)32-16-3-4-29-9-14(16)18(31)30-13-6-10(19(23,24)25)5-11(7-13)20(26,27)28/h1-9H,(H,30,31). The molecule has 0 spiro atoms. The summed E-state index contributed by atoms with van der Waals surface area (Å²) >= 11 is 11.9. The first-order valence-electron chi connectivity index (χ1n) is 8.52. The lowest BCUT2D eigenvalue weighted by molar-refractivity contribution is -0.143. The van der Waals surface area contributed by atoms with Gasteiger partial charge in [-0.3, -0.25) is 9.78 Å². The van der Waals surface area contributed by atoms with Gasteiger partial charge in [0.15, 0.2) is 0 Å². The molecule has 0 radical (unpaired) electrons. The molecular weight excluding hydrogens is 485 g/mol. The third kappa shape index (κ3) is 5.63. The molecule has 0 aliphatic rings. The monoisotopic (exact) mass is 494 g/mol. The van der Waals surface area contributed by atoms with Crippen LogP contribution in [0.15, 0.2) is 54.9 Å². The molecule has 1 amide bonds. The maximum atomic E-state index is 13.0. The zero-order valence-electron chi connectivity index (χ0n) is 15.5. The highest BCUT2D eigenvalue weighted by Crippen LogP contribution is 2.38. The van der Waals surface area contributed by atoms with E-state index in [2.05, 4.69) is 4.98 Å². The number of halogens is 8. The second-order valence-corrected chi connectivity index (χ2v) is 7.14. The van der Waals surface area contributed by atoms with Crippen molar-refractivity contribution in [1.82, 2.24) is 4.98 Å². The first kappa shape index (κ1) is 23.7. The van der Waals surface area contributed by atoms with E-state index in [1.165, 1.54) is 30.5 Å². The summed E-state index contributed by atoms with van der Waals surface area (Å²) in [7, 11) is 0. The van der Waals surface area contributed by atoms with E-state index in [0.29, 0.717) is 12.1 Å². The van der Waals surface area contributed by atoms with E-state index in [-0.39, 0.29) is 33.2 Å². The number of aromatic nitrogens is 1. The zero-order valence-corrected chi connectivity index (χ0v) is 17.0. The molecule has 0 bridgehead atoms. The van der Waals surface area contributed by atoms with Crippen LogP contribution in [0.25, 0.3) is 0 Å². The first-order chi connectivity index (χ1) is 14.8. The molecule has 0 unspecified atom stereocenters. The Hall–Kier alpha value is -2.98. The smallest absolute Gasteiger partial charge is 0.416 e. The van der Waals surface area contributed by atoms with Crippen molar-refractivity contribution >= 4 is 34.8 Å². The number of rotatable bonds is 4. The summed E-state index contributed by atoms with van der Waals surface area (Å²) in [6, 6.07) is 6.27. The number of carbonyl (C=O) groups excluding carboxylic acids is 1. The van der Waals surface area contributed by atoms with Crippen LogP contribution in [0.5, 0.6) is 11.5 Å². The largest absolute Gasteiger partial charge is 0.455 e. The molecule has 0 aliphatic heterocycles. The predicted octanol–water partition coefficient (Wildman–Crippen LogP) is 7.47. The van der Waals surface area contributed by atoms with Crippen LogP contribution in [0, 0.1) is 0 Å². The maximum Gasteiger partial charge on any atom is 0.416 e. The number of benzene rings is 2. The number of carbonyl (C=O) groups is 1. The van der Waals surface area contributed by atoms with Gasteiger partial charge < -0.3 is 10.1 Å². The van der Waals surface area contributed by atoms with Crippen LogP contribution in [-0.4, -0.2) is 10.9 Å². The van der Waals surface area contributed by atoms with E-state index >= 15 is 0 Å². The van der Waals surface area contributed by atoms with Gasteiger partial charge >= 0.3 is 12.4 Å². The van der Waals surface area contributed by atoms with Crippen molar-refractivity contribution in [1.29, 1.82) is 0 Å². The fourth-order valence-corrected chi connectivity index (χ4v) is 2.86. The van der Waals surface area contributed by atoms with Gasteiger partial charge in [0.25, 0.3) is 5.91 Å². The zero-order chi connectivity index (χ0) is 23.7. The highest BCUT2D eigenvalue weighted by atomic mass is 35.5. The molecule has 0 saturated heterocycles. The van der Waals surface area contributed by atoms with Crippen molar-refractivity contribution in [2.24, 2.45) is 0 Å². The Balaban J connectivity index is 1.95. The third-order valence-electron chi connectivity index (χ3n) is 3.98. The molecule has 168 valence electrons. The van der Waals surface area contributed by atoms with Crippen LogP contribution in [0.1, 0.15) is 21.5 Å². The average Bonchev–Trinajstić information content (AvgIpc) is 2.69. The van der Waals surface area contributed by atoms with Gasteiger partial charge in [-0.15, -0.1) is 0 Å². The molecule has 0 saturated carbocycles. The van der Waals surface area contributed by atoms with E-state index < -0.39 is 35.1 Å². The number of nitrogens with one attached hydrogen (secondary N) is 1. The second-order valence-electron chi connectivity index (χ2n) is 6.30. The van der Waals surface area contributed by atoms with Crippen LogP contribution in [0.2, 0.25) is 10.0 Å². The lowest BCUT2D eigenvalue weighted by Crippen LogP contribution is -2.16. The summed E-state index contributed by atoms with van der Waals surface area (Å²) in [6.07, 6.45) is -7.84. The number of alkyl halides is 6. The molecule has 4 nitrogen and oxygen atoms in total. The third-order valence-corrected chi connectivity index (χ3v) is 4.53. The van der Waals surface area contributed by atoms with E-state index in [9.17, 15) is 31.1 Å². The van der Waals surface area contributed by atoms with Gasteiger partial charge in [-0.25, -0.2) is 0 Å². The normalized spacial score (nSPS) is 11.9. The molecule has 0 fully saturated rings. The Morgan fingerprint density at radius 2 is 1.50 bits per heavy atom. The molecule has 32 heavy (non-hydrogen) atoms. The molecule has 1 N–H and O–H groups in total. The summed E-state index contributed by atoms with van der Waals surface area (Å²) in [5, 5.41) is 2.43. The lowest BCUT2D eigenvalue weighted by Gasteiger charge is -2.16. The topological polar surface area (TPSA) is 51.2 Å². The van der Waals surface area contributed by atoms with Crippen molar-refractivity contribution in [2.75, 3.05) is 5.32 Å². The minimum absolute atomic E-state index is 0.0462. The number of ether oxygens (including phenoxy) is 1. The number of hydrogen-bond acceptors (Lipinski definition) is 3. The van der Waals surface area contributed by atoms with E-state index in [0.717, 1.165) is 6.20 Å². The highest BCUT2D eigenvalue weighted by Gasteiger charge is 2.37. The maximum absolute atomic E-state index is 13.0. The molecule has 3 rings (SSSR count). The van der Waals surface area contributed by atoms with Gasteiger partial charge in [0, 0.05) is 29.2 Å². The summed E-state index contributed by atoms with van der Waals surface area (Å²) in [6.45, 7) is 0. The fourth-order valence-electron chi connectivity index (χ4n) is 2.54. The van der Waals surface area contributed by atoms with Gasteiger partial charge in [0.1, 0.15) is 17.1 Å². The number of nitrogens with zero attached hydrogens (tertiary/aromatic N) is 1. The predicted molar refractivity (Wildman–Crippen MR) is 105 cm³/mol. The van der Waals surface area contributed by atoms with Gasteiger partial charge in [-0.05, 0) is 36.4 Å². The second kappa shape index (κ2) is 8.87. The Morgan fingerprint density at radius 1 is 0.875 bits per heavy atom. The lowest BCUT2D eigenvalue weighted by atomic mass is 10.1. The highest BCUT2D eigenvalue weighted by molar-refractivity contribution is 6.34. The van der Waals surface area contributed by atoms with E-state index in [1.54, 1.807) is 0 Å². The number of pyridine rings is 1. The summed E-state index contributed by atoms with van der Waals surface area (Å²) in [5.74, 6) is -1.10. The van der Waals surface area contributed by atoms with Gasteiger partial charge in [0.05, 0.1) is 16.1 Å². The Morgan fingerprint density at radius 3 is 2.09 bits per heavy atom. The van der Waals surface area contributed by atoms with E-state index in [1.807, 2.05) is 5.32 Å². The Kier molecular flexibility index (Phi) is 6.56. The van der Waals surface area contributed by atoms with Crippen LogP contribution >= 0.6 is 23.2 Å². The number of amides is 1. The average molecular weight is 495 g/mol. The van der Waals surface area contributed by atoms with Crippen molar-refractivity contribution in [3.8, 4) is 11.5 Å². The van der Waals surface area contributed by atoms with Crippen LogP contribution < -0.4 is 10.1 Å². The molecule has 0 aliphatic carbocycles. The quantitative estimate of drug-likeness (QED) is 0.382. The van der Waals surface area contributed by atoms with Crippen molar-refractivity contribution < 1.29 is 35.9 Å². The molecule has 1 heterocycles. The van der Waals surface area contributed by atoms with Gasteiger partial charge in [-0.2, -0.15) is 26.3 Å². The first-order valence-corrected chi connectivity index (χ1v) is 9.28. The fraction of sp³-hybridized carbons (Fsp3) is 0.100. The molecular formula is C20H10Cl2F6N2O2. The van der Waals surface area contributed by atoms with Crippen molar-refractivity contribution in [3.05, 3.63) is 81.6 Å². The van der Waals surface area contributed by atoms with Crippen LogP contribution in [0.4, 0.5) is 32.0 Å². The SMILES string of the molecule is O=C(Nc1cc(C(F)(F)F)cc(C(F)(F)F)c1)c1cnccc1Oc1cc(Cl)ccc1Cl. The molecule has 12 heteroatoms. The van der Waals surface area contributed by atoms with E-state index in [4.69, 9.17) is 27.9 Å². The summed E-state index contributed by atoms with van der Waals surface area (Å²) < 4.78 is 83.8. The van der Waals surface area contributed by atoms with Gasteiger partial charge in [-0.1, -0.05) is 23.2 Å². The minimum Gasteiger partial charge on any atom is -0.455 e. The molecule has 2 aromatic carbocycles. The Labute approximate surface area is 186 Å². The molecule has 0 atom stereocenters. The Bertz CT molecular complexity index is 1130. The van der Waals surface area contributed by atoms with Crippen molar-refractivity contribution in [2.45, 2.75) is 12.4 Å². The number of anilines is 1. The summed E-state index contributed by atoms with van der Waals surface area (Å²) in [5.41, 5.74) is -4.13. The van der Waals surface area contributed by atoms with Crippen LogP contribution in [-0.2, 0) is 12.4 Å².